The van der Waals surface area contributed by atoms with Gasteiger partial charge in [0.2, 0.25) is 10.0 Å². The van der Waals surface area contributed by atoms with Gasteiger partial charge < -0.3 is 10.5 Å². The van der Waals surface area contributed by atoms with Crippen LogP contribution in [0, 0.1) is 10.1 Å². The highest BCUT2D eigenvalue weighted by Gasteiger charge is 2.29. The van der Waals surface area contributed by atoms with Gasteiger partial charge in [-0.25, -0.2) is 8.42 Å². The second-order valence-electron chi connectivity index (χ2n) is 5.21. The lowest BCUT2D eigenvalue weighted by molar-refractivity contribution is -0.385. The summed E-state index contributed by atoms with van der Waals surface area (Å²) >= 11 is 0. The predicted octanol–water partition coefficient (Wildman–Crippen LogP) is 2.17. The third-order valence-corrected chi connectivity index (χ3v) is 5.42. The van der Waals surface area contributed by atoms with Crippen LogP contribution in [-0.4, -0.2) is 37.8 Å². The van der Waals surface area contributed by atoms with Crippen molar-refractivity contribution in [3.05, 3.63) is 64.2 Å². The molecule has 2 N–H and O–H groups in total. The molecule has 0 aliphatic heterocycles. The lowest BCUT2D eigenvalue weighted by Crippen LogP contribution is -2.35. The summed E-state index contributed by atoms with van der Waals surface area (Å²) in [5.41, 5.74) is 6.02. The molecule has 2 aromatic rings. The molecule has 0 spiro atoms. The van der Waals surface area contributed by atoms with Crippen LogP contribution in [0.4, 0.5) is 5.69 Å². The molecule has 142 valence electrons. The van der Waals surface area contributed by atoms with E-state index in [0.717, 1.165) is 11.6 Å². The normalized spacial score (nSPS) is 11.0. The Kier molecular flexibility index (Phi) is 7.97. The number of sulfonamides is 1. The molecule has 0 unspecified atom stereocenters. The maximum Gasteiger partial charge on any atom is 0.271 e. The van der Waals surface area contributed by atoms with Gasteiger partial charge in [-0.15, -0.1) is 12.4 Å². The first-order chi connectivity index (χ1) is 11.9. The van der Waals surface area contributed by atoms with Gasteiger partial charge in [0.15, 0.2) is 0 Å². The summed E-state index contributed by atoms with van der Waals surface area (Å²) in [6.07, 6.45) is 0. The molecule has 0 heterocycles. The van der Waals surface area contributed by atoms with E-state index in [1.165, 1.54) is 23.5 Å². The average Bonchev–Trinajstić information content (AvgIpc) is 2.61. The Morgan fingerprint density at radius 3 is 2.38 bits per heavy atom. The molecular formula is C16H20ClN3O5S. The monoisotopic (exact) mass is 401 g/mol. The fraction of sp³-hybridized carbons (Fsp3) is 0.250. The number of rotatable bonds is 8. The first-order valence-corrected chi connectivity index (χ1v) is 8.90. The zero-order valence-corrected chi connectivity index (χ0v) is 15.7. The zero-order valence-electron chi connectivity index (χ0n) is 14.1. The molecular weight excluding hydrogens is 382 g/mol. The van der Waals surface area contributed by atoms with Crippen LogP contribution in [0.2, 0.25) is 0 Å². The van der Waals surface area contributed by atoms with Crippen LogP contribution < -0.4 is 10.5 Å². The molecule has 0 bridgehead atoms. The predicted molar refractivity (Wildman–Crippen MR) is 100.0 cm³/mol. The fourth-order valence-corrected chi connectivity index (χ4v) is 3.95. The maximum absolute atomic E-state index is 13.0. The molecule has 0 aromatic heterocycles. The molecule has 8 nitrogen and oxygen atoms in total. The Balaban J connectivity index is 0.00000338. The highest BCUT2D eigenvalue weighted by molar-refractivity contribution is 7.89. The molecule has 0 aliphatic carbocycles. The summed E-state index contributed by atoms with van der Waals surface area (Å²) in [7, 11) is -2.73. The van der Waals surface area contributed by atoms with Crippen LogP contribution in [0.25, 0.3) is 0 Å². The van der Waals surface area contributed by atoms with Gasteiger partial charge in [-0.1, -0.05) is 30.3 Å². The molecule has 0 saturated heterocycles. The number of nitro benzene ring substituents is 1. The third kappa shape index (κ3) is 4.92. The van der Waals surface area contributed by atoms with Crippen molar-refractivity contribution in [3.63, 3.8) is 0 Å². The number of nitro groups is 1. The van der Waals surface area contributed by atoms with Crippen molar-refractivity contribution >= 4 is 28.1 Å². The summed E-state index contributed by atoms with van der Waals surface area (Å²) < 4.78 is 32.4. The third-order valence-electron chi connectivity index (χ3n) is 3.56. The molecule has 0 atom stereocenters. The Hall–Kier alpha value is -2.20. The van der Waals surface area contributed by atoms with E-state index in [4.69, 9.17) is 10.5 Å². The zero-order chi connectivity index (χ0) is 18.4. The van der Waals surface area contributed by atoms with E-state index in [1.807, 2.05) is 6.07 Å². The quantitative estimate of drug-likeness (QED) is 0.535. The lowest BCUT2D eigenvalue weighted by Gasteiger charge is -2.22. The number of hydrogen-bond donors (Lipinski definition) is 1. The lowest BCUT2D eigenvalue weighted by atomic mass is 10.2. The van der Waals surface area contributed by atoms with Crippen LogP contribution in [0.5, 0.6) is 5.75 Å². The number of nitrogens with zero attached hydrogens (tertiary/aromatic N) is 2. The van der Waals surface area contributed by atoms with Crippen molar-refractivity contribution in [2.75, 3.05) is 20.2 Å². The first-order valence-electron chi connectivity index (χ1n) is 7.46. The average molecular weight is 402 g/mol. The highest BCUT2D eigenvalue weighted by atomic mass is 35.5. The van der Waals surface area contributed by atoms with Crippen molar-refractivity contribution in [3.8, 4) is 5.75 Å². The highest BCUT2D eigenvalue weighted by Crippen LogP contribution is 2.31. The van der Waals surface area contributed by atoms with Gasteiger partial charge in [-0.2, -0.15) is 4.31 Å². The minimum Gasteiger partial charge on any atom is -0.495 e. The molecule has 2 rings (SSSR count). The number of halogens is 1. The maximum atomic E-state index is 13.0. The van der Waals surface area contributed by atoms with Crippen molar-refractivity contribution in [2.45, 2.75) is 11.4 Å². The Morgan fingerprint density at radius 2 is 1.85 bits per heavy atom. The summed E-state index contributed by atoms with van der Waals surface area (Å²) in [4.78, 5) is 10.1. The van der Waals surface area contributed by atoms with Crippen LogP contribution in [0.3, 0.4) is 0 Å². The van der Waals surface area contributed by atoms with Gasteiger partial charge in [0.05, 0.1) is 12.0 Å². The van der Waals surface area contributed by atoms with Crippen molar-refractivity contribution in [2.24, 2.45) is 5.73 Å². The van der Waals surface area contributed by atoms with Gasteiger partial charge in [0.1, 0.15) is 10.6 Å². The molecule has 26 heavy (non-hydrogen) atoms. The minimum absolute atomic E-state index is 0. The Morgan fingerprint density at radius 1 is 1.19 bits per heavy atom. The van der Waals surface area contributed by atoms with Crippen LogP contribution in [0.15, 0.2) is 53.4 Å². The van der Waals surface area contributed by atoms with Gasteiger partial charge in [-0.05, 0) is 11.6 Å². The number of non-ortho nitro benzene ring substituents is 1. The van der Waals surface area contributed by atoms with Crippen molar-refractivity contribution in [1.82, 2.24) is 4.31 Å². The second kappa shape index (κ2) is 9.48. The van der Waals surface area contributed by atoms with Crippen LogP contribution in [0.1, 0.15) is 5.56 Å². The summed E-state index contributed by atoms with van der Waals surface area (Å²) in [6, 6.07) is 12.5. The van der Waals surface area contributed by atoms with Crippen molar-refractivity contribution in [1.29, 1.82) is 0 Å². The number of ether oxygens (including phenoxy) is 1. The van der Waals surface area contributed by atoms with Crippen molar-refractivity contribution < 1.29 is 18.1 Å². The largest absolute Gasteiger partial charge is 0.495 e. The SMILES string of the molecule is COc1ccc([N+](=O)[O-])cc1S(=O)(=O)N(CCN)Cc1ccccc1.Cl. The Labute approximate surface area is 158 Å². The van der Waals surface area contributed by atoms with Gasteiger partial charge in [-0.3, -0.25) is 10.1 Å². The summed E-state index contributed by atoms with van der Waals surface area (Å²) in [5, 5.41) is 11.0. The minimum atomic E-state index is -4.04. The molecule has 0 amide bonds. The molecule has 0 fully saturated rings. The number of benzene rings is 2. The number of methoxy groups -OCH3 is 1. The number of hydrogen-bond acceptors (Lipinski definition) is 6. The first kappa shape index (κ1) is 21.8. The second-order valence-corrected chi connectivity index (χ2v) is 7.11. The van der Waals surface area contributed by atoms with Gasteiger partial charge in [0.25, 0.3) is 5.69 Å². The summed E-state index contributed by atoms with van der Waals surface area (Å²) in [6.45, 7) is 0.290. The van der Waals surface area contributed by atoms with E-state index in [0.29, 0.717) is 0 Å². The van der Waals surface area contributed by atoms with Gasteiger partial charge >= 0.3 is 0 Å². The van der Waals surface area contributed by atoms with Crippen LogP contribution in [-0.2, 0) is 16.6 Å². The van der Waals surface area contributed by atoms with E-state index in [2.05, 4.69) is 0 Å². The molecule has 0 aliphatic rings. The van der Waals surface area contributed by atoms with Gasteiger partial charge in [0, 0.05) is 31.8 Å². The fourth-order valence-electron chi connectivity index (χ4n) is 2.33. The van der Waals surface area contributed by atoms with E-state index in [1.54, 1.807) is 24.3 Å². The Bertz CT molecular complexity index is 846. The molecule has 10 heteroatoms. The van der Waals surface area contributed by atoms with Crippen LogP contribution >= 0.6 is 12.4 Å². The smallest absolute Gasteiger partial charge is 0.271 e. The van der Waals surface area contributed by atoms with E-state index < -0.39 is 14.9 Å². The summed E-state index contributed by atoms with van der Waals surface area (Å²) in [5.74, 6) is 0.0423. The van der Waals surface area contributed by atoms with E-state index in [9.17, 15) is 18.5 Å². The molecule has 2 aromatic carbocycles. The standard InChI is InChI=1S/C16H19N3O5S.ClH/c1-24-15-8-7-14(19(20)21)11-16(15)25(22,23)18(10-9-17)12-13-5-3-2-4-6-13;/h2-8,11H,9-10,12,17H2,1H3;1H. The van der Waals surface area contributed by atoms with E-state index in [-0.39, 0.29) is 48.4 Å². The molecule has 0 saturated carbocycles. The topological polar surface area (TPSA) is 116 Å². The molecule has 0 radical (unpaired) electrons. The van der Waals surface area contributed by atoms with E-state index >= 15 is 0 Å². The number of nitrogens with two attached hydrogens (primary N) is 1.